The van der Waals surface area contributed by atoms with Gasteiger partial charge in [0.25, 0.3) is 11.8 Å². The Labute approximate surface area is 251 Å². The van der Waals surface area contributed by atoms with Gasteiger partial charge in [-0.25, -0.2) is 19.3 Å². The summed E-state index contributed by atoms with van der Waals surface area (Å²) in [6.45, 7) is 0. The Morgan fingerprint density at radius 2 is 1.34 bits per heavy atom. The van der Waals surface area contributed by atoms with Gasteiger partial charge in [0.15, 0.2) is 0 Å². The Bertz CT molecular complexity index is 1840. The van der Waals surface area contributed by atoms with Crippen molar-refractivity contribution in [2.75, 3.05) is 31.1 Å². The number of amides is 2. The van der Waals surface area contributed by atoms with Gasteiger partial charge in [0.2, 0.25) is 0 Å². The number of ether oxygens (including phenoxy) is 3. The van der Waals surface area contributed by atoms with Crippen LogP contribution in [0.25, 0.3) is 0 Å². The fourth-order valence-corrected chi connectivity index (χ4v) is 5.25. The van der Waals surface area contributed by atoms with E-state index in [4.69, 9.17) is 19.9 Å². The maximum atomic E-state index is 13.6. The third-order valence-electron chi connectivity index (χ3n) is 7.29. The summed E-state index contributed by atoms with van der Waals surface area (Å²) in [6.07, 6.45) is 0. The summed E-state index contributed by atoms with van der Waals surface area (Å²) in [5.41, 5.74) is 7.05. The van der Waals surface area contributed by atoms with Crippen molar-refractivity contribution in [3.63, 3.8) is 0 Å². The van der Waals surface area contributed by atoms with Crippen LogP contribution in [0.5, 0.6) is 0 Å². The van der Waals surface area contributed by atoms with Crippen molar-refractivity contribution in [1.29, 1.82) is 5.26 Å². The van der Waals surface area contributed by atoms with Crippen LogP contribution < -0.4 is 15.5 Å². The van der Waals surface area contributed by atoms with Crippen molar-refractivity contribution in [2.45, 2.75) is 5.92 Å². The molecule has 44 heavy (non-hydrogen) atoms. The van der Waals surface area contributed by atoms with Gasteiger partial charge in [0.1, 0.15) is 11.5 Å². The number of rotatable bonds is 6. The summed E-state index contributed by atoms with van der Waals surface area (Å²) < 4.78 is 14.8. The zero-order valence-electron chi connectivity index (χ0n) is 23.7. The average molecular weight is 593 g/mol. The molecule has 0 aliphatic carbocycles. The topological polar surface area (TPSA) is 169 Å². The number of fused-ring (bicyclic) bond motifs is 1. The highest BCUT2D eigenvalue weighted by molar-refractivity contribution is 6.34. The van der Waals surface area contributed by atoms with Crippen molar-refractivity contribution < 1.29 is 38.2 Å². The van der Waals surface area contributed by atoms with E-state index in [0.29, 0.717) is 5.56 Å². The Balaban J connectivity index is 1.66. The van der Waals surface area contributed by atoms with E-state index in [1.807, 2.05) is 0 Å². The fraction of sp³-hybridized carbons (Fsp3) is 0.125. The van der Waals surface area contributed by atoms with Gasteiger partial charge < -0.3 is 19.9 Å². The third-order valence-corrected chi connectivity index (χ3v) is 7.29. The molecular weight excluding hydrogens is 568 g/mol. The molecule has 5 rings (SSSR count). The van der Waals surface area contributed by atoms with Crippen LogP contribution in [0.4, 0.5) is 11.4 Å². The molecule has 1 atom stereocenters. The van der Waals surface area contributed by atoms with Gasteiger partial charge in [-0.15, -0.1) is 0 Å². The first-order chi connectivity index (χ1) is 21.2. The van der Waals surface area contributed by atoms with E-state index in [9.17, 15) is 29.2 Å². The van der Waals surface area contributed by atoms with Gasteiger partial charge in [-0.3, -0.25) is 14.5 Å². The molecule has 2 aliphatic rings. The first-order valence-corrected chi connectivity index (χ1v) is 13.0. The minimum atomic E-state index is -1.07. The van der Waals surface area contributed by atoms with Crippen molar-refractivity contribution in [3.05, 3.63) is 118 Å². The van der Waals surface area contributed by atoms with Crippen LogP contribution >= 0.6 is 0 Å². The molecule has 0 saturated carbocycles. The fourth-order valence-electron chi connectivity index (χ4n) is 5.25. The molecule has 0 saturated heterocycles. The smallest absolute Gasteiger partial charge is 0.355 e. The van der Waals surface area contributed by atoms with E-state index < -0.39 is 35.6 Å². The highest BCUT2D eigenvalue weighted by atomic mass is 16.5. The van der Waals surface area contributed by atoms with E-state index >= 15 is 0 Å². The standard InChI is InChI=1S/C32H24N4O8/c1-42-30(39)18-9-11-19(12-10-18)36-28(37)21-14-13-20(15-22(21)29(36)38)35-26(32(41)44-3)25(31(40)43-2)24(23(16-33)27(35)34)17-7-5-4-6-8-17/h4-15,24H,34H2,1-3H3. The maximum Gasteiger partial charge on any atom is 0.355 e. The van der Waals surface area contributed by atoms with Gasteiger partial charge in [-0.2, -0.15) is 5.26 Å². The summed E-state index contributed by atoms with van der Waals surface area (Å²) in [4.78, 5) is 67.4. The molecule has 0 spiro atoms. The Hall–Kier alpha value is -6.22. The maximum absolute atomic E-state index is 13.6. The second-order valence-electron chi connectivity index (χ2n) is 9.55. The van der Waals surface area contributed by atoms with Gasteiger partial charge in [-0.1, -0.05) is 30.3 Å². The first-order valence-electron chi connectivity index (χ1n) is 13.0. The van der Waals surface area contributed by atoms with Crippen LogP contribution in [0.3, 0.4) is 0 Å². The zero-order chi connectivity index (χ0) is 31.7. The normalized spacial score (nSPS) is 16.0. The molecule has 12 nitrogen and oxygen atoms in total. The van der Waals surface area contributed by atoms with E-state index in [2.05, 4.69) is 6.07 Å². The molecule has 0 aromatic heterocycles. The van der Waals surface area contributed by atoms with Crippen LogP contribution in [-0.2, 0) is 23.8 Å². The van der Waals surface area contributed by atoms with Crippen LogP contribution in [0.2, 0.25) is 0 Å². The average Bonchev–Trinajstić information content (AvgIpc) is 3.31. The number of hydrogen-bond acceptors (Lipinski definition) is 11. The second-order valence-corrected chi connectivity index (χ2v) is 9.55. The number of imide groups is 1. The van der Waals surface area contributed by atoms with Crippen molar-refractivity contribution >= 4 is 41.1 Å². The molecule has 2 N–H and O–H groups in total. The monoisotopic (exact) mass is 592 g/mol. The lowest BCUT2D eigenvalue weighted by Crippen LogP contribution is -2.40. The molecule has 0 bridgehead atoms. The summed E-state index contributed by atoms with van der Waals surface area (Å²) in [5.74, 6) is -5.01. The number of carbonyl (C=O) groups excluding carboxylic acids is 5. The predicted molar refractivity (Wildman–Crippen MR) is 155 cm³/mol. The minimum Gasteiger partial charge on any atom is -0.466 e. The first kappa shape index (κ1) is 29.3. The van der Waals surface area contributed by atoms with Gasteiger partial charge >= 0.3 is 17.9 Å². The number of methoxy groups -OCH3 is 3. The molecule has 2 amide bonds. The largest absolute Gasteiger partial charge is 0.466 e. The SMILES string of the molecule is COC(=O)C1=C(C(=O)OC)N(c2ccc3c(c2)C(=O)N(c2ccc(C(=O)OC)cc2)C3=O)C(N)=C(C#N)C1c1ccccc1. The van der Waals surface area contributed by atoms with E-state index in [1.54, 1.807) is 30.3 Å². The molecule has 2 heterocycles. The lowest BCUT2D eigenvalue weighted by atomic mass is 9.81. The van der Waals surface area contributed by atoms with E-state index in [1.165, 1.54) is 49.6 Å². The Morgan fingerprint density at radius 3 is 1.93 bits per heavy atom. The summed E-state index contributed by atoms with van der Waals surface area (Å²) >= 11 is 0. The number of anilines is 2. The molecule has 220 valence electrons. The number of allylic oxidation sites excluding steroid dienone is 1. The molecule has 2 aliphatic heterocycles. The van der Waals surface area contributed by atoms with Crippen molar-refractivity contribution in [2.24, 2.45) is 5.73 Å². The summed E-state index contributed by atoms with van der Waals surface area (Å²) in [7, 11) is 3.49. The third kappa shape index (κ3) is 4.62. The van der Waals surface area contributed by atoms with Crippen LogP contribution in [0.15, 0.2) is 95.5 Å². The molecule has 0 fully saturated rings. The number of nitrogens with zero attached hydrogens (tertiary/aromatic N) is 3. The van der Waals surface area contributed by atoms with Crippen molar-refractivity contribution in [3.8, 4) is 6.07 Å². The Morgan fingerprint density at radius 1 is 0.750 bits per heavy atom. The van der Waals surface area contributed by atoms with Crippen LogP contribution in [0, 0.1) is 11.3 Å². The predicted octanol–water partition coefficient (Wildman–Crippen LogP) is 3.17. The molecule has 3 aromatic rings. The van der Waals surface area contributed by atoms with Crippen LogP contribution in [-0.4, -0.2) is 51.1 Å². The molecule has 1 unspecified atom stereocenters. The second kappa shape index (κ2) is 11.6. The molecular formula is C32H24N4O8. The highest BCUT2D eigenvalue weighted by Crippen LogP contribution is 2.44. The molecule has 0 radical (unpaired) electrons. The number of hydrogen-bond donors (Lipinski definition) is 1. The Kier molecular flexibility index (Phi) is 7.70. The summed E-state index contributed by atoms with van der Waals surface area (Å²) in [5, 5.41) is 10.2. The molecule has 3 aromatic carbocycles. The zero-order valence-corrected chi connectivity index (χ0v) is 23.7. The highest BCUT2D eigenvalue weighted by Gasteiger charge is 2.44. The number of carbonyl (C=O) groups is 5. The molecule has 12 heteroatoms. The van der Waals surface area contributed by atoms with E-state index in [0.717, 1.165) is 24.0 Å². The summed E-state index contributed by atoms with van der Waals surface area (Å²) in [6, 6.07) is 20.4. The van der Waals surface area contributed by atoms with E-state index in [-0.39, 0.29) is 50.7 Å². The van der Waals surface area contributed by atoms with Gasteiger partial charge in [0.05, 0.1) is 66.8 Å². The lowest BCUT2D eigenvalue weighted by molar-refractivity contribution is -0.139. The number of esters is 3. The van der Waals surface area contributed by atoms with Crippen molar-refractivity contribution in [1.82, 2.24) is 0 Å². The van der Waals surface area contributed by atoms with Crippen LogP contribution in [0.1, 0.15) is 42.6 Å². The quantitative estimate of drug-likeness (QED) is 0.253. The number of nitrogens with two attached hydrogens (primary N) is 1. The number of nitriles is 1. The van der Waals surface area contributed by atoms with Gasteiger partial charge in [0, 0.05) is 5.69 Å². The minimum absolute atomic E-state index is 0.0233. The number of benzene rings is 3. The van der Waals surface area contributed by atoms with Gasteiger partial charge in [-0.05, 0) is 48.0 Å². The lowest BCUT2D eigenvalue weighted by Gasteiger charge is -2.36.